The third-order valence-corrected chi connectivity index (χ3v) is 3.44. The van der Waals surface area contributed by atoms with Gasteiger partial charge in [-0.3, -0.25) is 4.99 Å². The second-order valence-corrected chi connectivity index (χ2v) is 4.63. The van der Waals surface area contributed by atoms with Crippen LogP contribution in [0.3, 0.4) is 0 Å². The molecule has 0 aromatic carbocycles. The summed E-state index contributed by atoms with van der Waals surface area (Å²) < 4.78 is 16.6. The molecule has 5 nitrogen and oxygen atoms in total. The largest absolute Gasteiger partial charge is 0.466 e. The van der Waals surface area contributed by atoms with Crippen LogP contribution in [0.1, 0.15) is 17.3 Å². The quantitative estimate of drug-likeness (QED) is 0.793. The van der Waals surface area contributed by atoms with Gasteiger partial charge in [0, 0.05) is 0 Å². The van der Waals surface area contributed by atoms with Gasteiger partial charge in [-0.15, -0.1) is 0 Å². The molecular formula is C15H12N2O3. The van der Waals surface area contributed by atoms with Crippen molar-refractivity contribution in [3.8, 4) is 0 Å². The lowest BCUT2D eigenvalue weighted by Gasteiger charge is -2.24. The zero-order chi connectivity index (χ0) is 13.4. The Labute approximate surface area is 114 Å². The average molecular weight is 268 g/mol. The van der Waals surface area contributed by atoms with Gasteiger partial charge >= 0.3 is 0 Å². The normalized spacial score (nSPS) is 16.9. The molecule has 20 heavy (non-hydrogen) atoms. The molecule has 3 aromatic heterocycles. The van der Waals surface area contributed by atoms with Crippen LogP contribution in [-0.2, 0) is 5.54 Å². The lowest BCUT2D eigenvalue weighted by Crippen LogP contribution is -2.43. The molecule has 3 aromatic rings. The number of rotatable bonds is 3. The minimum Gasteiger partial charge on any atom is -0.466 e. The summed E-state index contributed by atoms with van der Waals surface area (Å²) in [5.74, 6) is 2.92. The van der Waals surface area contributed by atoms with Gasteiger partial charge in [0.1, 0.15) is 11.5 Å². The van der Waals surface area contributed by atoms with Gasteiger partial charge in [0.15, 0.2) is 17.1 Å². The molecule has 0 atom stereocenters. The zero-order valence-corrected chi connectivity index (χ0v) is 10.6. The van der Waals surface area contributed by atoms with E-state index in [0.717, 1.165) is 11.5 Å². The Balaban J connectivity index is 1.77. The van der Waals surface area contributed by atoms with Crippen molar-refractivity contribution in [1.82, 2.24) is 5.32 Å². The summed E-state index contributed by atoms with van der Waals surface area (Å²) in [4.78, 5) is 4.54. The number of amidine groups is 1. The van der Waals surface area contributed by atoms with E-state index in [1.807, 2.05) is 36.4 Å². The monoisotopic (exact) mass is 268 g/mol. The Kier molecular flexibility index (Phi) is 2.32. The standard InChI is InChI=1S/C15H12N2O3/c1-4-11(18-7-1)14-16-10-15(17-14,12-5-2-8-19-12)13-6-3-9-20-13/h1-9H,10H2,(H,16,17). The number of nitrogens with zero attached hydrogens (tertiary/aromatic N) is 1. The predicted octanol–water partition coefficient (Wildman–Crippen LogP) is 2.76. The van der Waals surface area contributed by atoms with Gasteiger partial charge in [-0.2, -0.15) is 0 Å². The van der Waals surface area contributed by atoms with Crippen LogP contribution >= 0.6 is 0 Å². The minimum absolute atomic E-state index is 0.490. The molecule has 100 valence electrons. The van der Waals surface area contributed by atoms with Crippen LogP contribution in [0.15, 0.2) is 73.4 Å². The SMILES string of the molecule is c1coc(C2=NCC(c3ccco3)(c3ccco3)N2)c1. The highest BCUT2D eigenvalue weighted by Gasteiger charge is 2.44. The summed E-state index contributed by atoms with van der Waals surface area (Å²) in [7, 11) is 0. The summed E-state index contributed by atoms with van der Waals surface area (Å²) in [6, 6.07) is 11.2. The van der Waals surface area contributed by atoms with Crippen molar-refractivity contribution in [3.63, 3.8) is 0 Å². The van der Waals surface area contributed by atoms with Crippen molar-refractivity contribution in [1.29, 1.82) is 0 Å². The van der Waals surface area contributed by atoms with Crippen molar-refractivity contribution >= 4 is 5.84 Å². The summed E-state index contributed by atoms with van der Waals surface area (Å²) >= 11 is 0. The van der Waals surface area contributed by atoms with Gasteiger partial charge in [0.25, 0.3) is 0 Å². The minimum atomic E-state index is -0.616. The van der Waals surface area contributed by atoms with Crippen molar-refractivity contribution in [2.45, 2.75) is 5.54 Å². The molecule has 0 fully saturated rings. The van der Waals surface area contributed by atoms with E-state index < -0.39 is 5.54 Å². The Morgan fingerprint density at radius 2 is 1.55 bits per heavy atom. The van der Waals surface area contributed by atoms with Crippen molar-refractivity contribution in [2.24, 2.45) is 4.99 Å². The lowest BCUT2D eigenvalue weighted by atomic mass is 9.94. The van der Waals surface area contributed by atoms with Crippen molar-refractivity contribution < 1.29 is 13.3 Å². The molecule has 1 aliphatic rings. The molecule has 1 aliphatic heterocycles. The van der Waals surface area contributed by atoms with E-state index in [9.17, 15) is 0 Å². The highest BCUT2D eigenvalue weighted by molar-refractivity contribution is 5.98. The molecule has 4 rings (SSSR count). The van der Waals surface area contributed by atoms with E-state index in [2.05, 4.69) is 10.3 Å². The van der Waals surface area contributed by atoms with Crippen LogP contribution in [0.5, 0.6) is 0 Å². The third kappa shape index (κ3) is 1.53. The molecule has 0 bridgehead atoms. The summed E-state index contributed by atoms with van der Waals surface area (Å²) in [6.07, 6.45) is 4.92. The molecule has 0 spiro atoms. The van der Waals surface area contributed by atoms with Gasteiger partial charge in [0.05, 0.1) is 25.3 Å². The molecular weight excluding hydrogens is 256 g/mol. The first-order valence-electron chi connectivity index (χ1n) is 6.33. The van der Waals surface area contributed by atoms with E-state index in [-0.39, 0.29) is 0 Å². The van der Waals surface area contributed by atoms with Gasteiger partial charge in [-0.25, -0.2) is 0 Å². The Bertz CT molecular complexity index is 675. The molecule has 4 heterocycles. The van der Waals surface area contributed by atoms with E-state index in [0.29, 0.717) is 18.1 Å². The predicted molar refractivity (Wildman–Crippen MR) is 71.4 cm³/mol. The van der Waals surface area contributed by atoms with Gasteiger partial charge < -0.3 is 18.6 Å². The fraction of sp³-hybridized carbons (Fsp3) is 0.133. The van der Waals surface area contributed by atoms with Crippen LogP contribution in [0.25, 0.3) is 0 Å². The maximum Gasteiger partial charge on any atom is 0.175 e. The maximum absolute atomic E-state index is 5.58. The van der Waals surface area contributed by atoms with Gasteiger partial charge in [0.2, 0.25) is 0 Å². The fourth-order valence-corrected chi connectivity index (χ4v) is 2.47. The van der Waals surface area contributed by atoms with E-state index in [4.69, 9.17) is 13.3 Å². The van der Waals surface area contributed by atoms with Crippen LogP contribution in [0.2, 0.25) is 0 Å². The molecule has 0 saturated carbocycles. The number of hydrogen-bond donors (Lipinski definition) is 1. The Hall–Kier alpha value is -2.69. The smallest absolute Gasteiger partial charge is 0.175 e. The van der Waals surface area contributed by atoms with Crippen LogP contribution in [-0.4, -0.2) is 12.4 Å². The highest BCUT2D eigenvalue weighted by atomic mass is 16.4. The molecule has 1 N–H and O–H groups in total. The molecule has 0 radical (unpaired) electrons. The first-order chi connectivity index (χ1) is 9.88. The molecule has 0 saturated heterocycles. The fourth-order valence-electron chi connectivity index (χ4n) is 2.47. The van der Waals surface area contributed by atoms with Crippen LogP contribution in [0.4, 0.5) is 0 Å². The maximum atomic E-state index is 5.58. The zero-order valence-electron chi connectivity index (χ0n) is 10.6. The Morgan fingerprint density at radius 3 is 2.10 bits per heavy atom. The van der Waals surface area contributed by atoms with Crippen molar-refractivity contribution in [3.05, 3.63) is 72.5 Å². The second kappa shape index (κ2) is 4.16. The first-order valence-corrected chi connectivity index (χ1v) is 6.33. The van der Waals surface area contributed by atoms with E-state index in [1.165, 1.54) is 0 Å². The first kappa shape index (κ1) is 11.2. The molecule has 0 aliphatic carbocycles. The number of furan rings is 3. The third-order valence-electron chi connectivity index (χ3n) is 3.44. The highest BCUT2D eigenvalue weighted by Crippen LogP contribution is 2.34. The molecule has 0 amide bonds. The number of nitrogens with one attached hydrogen (secondary N) is 1. The van der Waals surface area contributed by atoms with Gasteiger partial charge in [-0.05, 0) is 36.4 Å². The topological polar surface area (TPSA) is 63.8 Å². The van der Waals surface area contributed by atoms with E-state index in [1.54, 1.807) is 18.8 Å². The number of hydrogen-bond acceptors (Lipinski definition) is 5. The van der Waals surface area contributed by atoms with Crippen LogP contribution < -0.4 is 5.32 Å². The summed E-state index contributed by atoms with van der Waals surface area (Å²) in [5, 5.41) is 3.38. The Morgan fingerprint density at radius 1 is 0.900 bits per heavy atom. The molecule has 0 unspecified atom stereocenters. The van der Waals surface area contributed by atoms with Crippen LogP contribution in [0, 0.1) is 0 Å². The molecule has 5 heteroatoms. The van der Waals surface area contributed by atoms with E-state index >= 15 is 0 Å². The summed E-state index contributed by atoms with van der Waals surface area (Å²) in [5.41, 5.74) is -0.616. The van der Waals surface area contributed by atoms with Crippen molar-refractivity contribution in [2.75, 3.05) is 6.54 Å². The summed E-state index contributed by atoms with van der Waals surface area (Å²) in [6.45, 7) is 0.490. The lowest BCUT2D eigenvalue weighted by molar-refractivity contribution is 0.323. The van der Waals surface area contributed by atoms with Gasteiger partial charge in [-0.1, -0.05) is 0 Å². The average Bonchev–Trinajstić information content (AvgIpc) is 3.23. The number of aliphatic imine (C=N–C) groups is 1. The second-order valence-electron chi connectivity index (χ2n) is 4.63.